The summed E-state index contributed by atoms with van der Waals surface area (Å²) in [7, 11) is 0. The van der Waals surface area contributed by atoms with E-state index in [0.717, 1.165) is 0 Å². The molecular weight excluding hydrogens is 383 g/mol. The zero-order valence-corrected chi connectivity index (χ0v) is 15.1. The van der Waals surface area contributed by atoms with Gasteiger partial charge in [-0.2, -0.15) is 0 Å². The number of aryl methyl sites for hydroxylation is 1. The van der Waals surface area contributed by atoms with Gasteiger partial charge in [0.05, 0.1) is 27.7 Å². The van der Waals surface area contributed by atoms with Crippen LogP contribution in [-0.2, 0) is 11.3 Å². The SMILES string of the molecule is C[C@@H](Oc1cc2oc(=O)n(CCC(=O)O)c2cc1Cl)c1ccc(Cl)cn1. The second kappa shape index (κ2) is 7.39. The first kappa shape index (κ1) is 18.3. The van der Waals surface area contributed by atoms with Gasteiger partial charge >= 0.3 is 11.7 Å². The monoisotopic (exact) mass is 396 g/mol. The van der Waals surface area contributed by atoms with Crippen molar-refractivity contribution in [1.82, 2.24) is 9.55 Å². The van der Waals surface area contributed by atoms with E-state index in [0.29, 0.717) is 22.0 Å². The second-order valence-corrected chi connectivity index (χ2v) is 6.42. The molecule has 0 aliphatic heterocycles. The molecule has 26 heavy (non-hydrogen) atoms. The van der Waals surface area contributed by atoms with E-state index in [-0.39, 0.29) is 23.6 Å². The lowest BCUT2D eigenvalue weighted by Crippen LogP contribution is -2.16. The molecule has 1 N–H and O–H groups in total. The number of carboxylic acids is 1. The molecule has 7 nitrogen and oxygen atoms in total. The van der Waals surface area contributed by atoms with Gasteiger partial charge in [0.1, 0.15) is 11.9 Å². The van der Waals surface area contributed by atoms with E-state index in [4.69, 9.17) is 37.5 Å². The number of aliphatic carboxylic acids is 1. The number of carboxylic acid groups (broad SMARTS) is 1. The van der Waals surface area contributed by atoms with Gasteiger partial charge in [-0.25, -0.2) is 4.79 Å². The Hall–Kier alpha value is -2.51. The highest BCUT2D eigenvalue weighted by atomic mass is 35.5. The number of nitrogens with zero attached hydrogens (tertiary/aromatic N) is 2. The van der Waals surface area contributed by atoms with Gasteiger partial charge < -0.3 is 14.3 Å². The normalized spacial score (nSPS) is 12.3. The molecule has 0 aliphatic rings. The van der Waals surface area contributed by atoms with Gasteiger partial charge in [-0.15, -0.1) is 0 Å². The summed E-state index contributed by atoms with van der Waals surface area (Å²) in [5.41, 5.74) is 1.33. The summed E-state index contributed by atoms with van der Waals surface area (Å²) in [5, 5.41) is 9.58. The van der Waals surface area contributed by atoms with E-state index in [1.54, 1.807) is 19.1 Å². The Bertz CT molecular complexity index is 1010. The van der Waals surface area contributed by atoms with Crippen LogP contribution in [0.3, 0.4) is 0 Å². The third kappa shape index (κ3) is 3.84. The molecule has 136 valence electrons. The Morgan fingerprint density at radius 3 is 2.81 bits per heavy atom. The number of carbonyl (C=O) groups is 1. The molecule has 0 saturated carbocycles. The number of benzene rings is 1. The molecule has 3 aromatic rings. The summed E-state index contributed by atoms with van der Waals surface area (Å²) in [5.74, 6) is -1.34. The lowest BCUT2D eigenvalue weighted by atomic mass is 10.2. The number of hydrogen-bond acceptors (Lipinski definition) is 5. The largest absolute Gasteiger partial charge is 0.483 e. The predicted molar refractivity (Wildman–Crippen MR) is 96.0 cm³/mol. The van der Waals surface area contributed by atoms with Gasteiger partial charge in [0.15, 0.2) is 5.58 Å². The van der Waals surface area contributed by atoms with Crippen molar-refractivity contribution in [3.8, 4) is 5.75 Å². The lowest BCUT2D eigenvalue weighted by Gasteiger charge is -2.15. The van der Waals surface area contributed by atoms with Crippen LogP contribution in [-0.4, -0.2) is 20.6 Å². The maximum absolute atomic E-state index is 11.9. The van der Waals surface area contributed by atoms with Gasteiger partial charge in [0.2, 0.25) is 0 Å². The molecular formula is C17H14Cl2N2O5. The van der Waals surface area contributed by atoms with E-state index in [9.17, 15) is 9.59 Å². The van der Waals surface area contributed by atoms with Crippen molar-refractivity contribution in [2.24, 2.45) is 0 Å². The maximum Gasteiger partial charge on any atom is 0.419 e. The third-order valence-corrected chi connectivity index (χ3v) is 4.26. The minimum absolute atomic E-state index is 0.0111. The molecule has 0 aliphatic carbocycles. The van der Waals surface area contributed by atoms with Crippen molar-refractivity contribution in [2.75, 3.05) is 0 Å². The molecule has 0 spiro atoms. The summed E-state index contributed by atoms with van der Waals surface area (Å²) >= 11 is 12.1. The lowest BCUT2D eigenvalue weighted by molar-refractivity contribution is -0.137. The first-order chi connectivity index (χ1) is 12.3. The molecule has 2 heterocycles. The standard InChI is InChI=1S/C17H14Cl2N2O5/c1-9(12-3-2-10(18)8-20-12)25-14-7-15-13(6-11(14)19)21(17(24)26-15)5-4-16(22)23/h2-3,6-9H,4-5H2,1H3,(H,22,23)/t9-/m1/s1. The Morgan fingerprint density at radius 2 is 2.15 bits per heavy atom. The first-order valence-electron chi connectivity index (χ1n) is 7.68. The molecule has 3 rings (SSSR count). The molecule has 0 fully saturated rings. The van der Waals surface area contributed by atoms with Crippen LogP contribution in [0.4, 0.5) is 0 Å². The van der Waals surface area contributed by atoms with Gasteiger partial charge in [0, 0.05) is 18.8 Å². The molecule has 0 bridgehead atoms. The third-order valence-electron chi connectivity index (χ3n) is 3.74. The number of aromatic nitrogens is 2. The fraction of sp³-hybridized carbons (Fsp3) is 0.235. The summed E-state index contributed by atoms with van der Waals surface area (Å²) in [6.45, 7) is 1.79. The number of oxazole rings is 1. The van der Waals surface area contributed by atoms with Crippen molar-refractivity contribution in [2.45, 2.75) is 26.0 Å². The summed E-state index contributed by atoms with van der Waals surface area (Å²) in [6.07, 6.45) is 0.898. The van der Waals surface area contributed by atoms with Crippen LogP contribution in [0.15, 0.2) is 39.7 Å². The van der Waals surface area contributed by atoms with Crippen molar-refractivity contribution < 1.29 is 19.1 Å². The van der Waals surface area contributed by atoms with Gasteiger partial charge in [-0.05, 0) is 25.1 Å². The van der Waals surface area contributed by atoms with Crippen LogP contribution in [0.25, 0.3) is 11.1 Å². The average Bonchev–Trinajstić information content (AvgIpc) is 2.88. The maximum atomic E-state index is 11.9. The van der Waals surface area contributed by atoms with Crippen molar-refractivity contribution in [3.63, 3.8) is 0 Å². The van der Waals surface area contributed by atoms with E-state index < -0.39 is 17.8 Å². The number of hydrogen-bond donors (Lipinski definition) is 1. The van der Waals surface area contributed by atoms with Gasteiger partial charge in [0.25, 0.3) is 0 Å². The van der Waals surface area contributed by atoms with Crippen LogP contribution in [0.5, 0.6) is 5.75 Å². The van der Waals surface area contributed by atoms with Crippen LogP contribution in [0.1, 0.15) is 25.1 Å². The van der Waals surface area contributed by atoms with Crippen LogP contribution >= 0.6 is 23.2 Å². The minimum Gasteiger partial charge on any atom is -0.483 e. The zero-order valence-electron chi connectivity index (χ0n) is 13.6. The fourth-order valence-corrected chi connectivity index (χ4v) is 2.77. The number of ether oxygens (including phenoxy) is 1. The van der Waals surface area contributed by atoms with Gasteiger partial charge in [-0.3, -0.25) is 14.3 Å². The molecule has 0 amide bonds. The molecule has 2 aromatic heterocycles. The van der Waals surface area contributed by atoms with E-state index in [1.807, 2.05) is 0 Å². The van der Waals surface area contributed by atoms with Crippen LogP contribution in [0, 0.1) is 0 Å². The highest BCUT2D eigenvalue weighted by Gasteiger charge is 2.17. The van der Waals surface area contributed by atoms with E-state index in [2.05, 4.69) is 4.98 Å². The Balaban J connectivity index is 1.90. The Morgan fingerprint density at radius 1 is 1.38 bits per heavy atom. The first-order valence-corrected chi connectivity index (χ1v) is 8.43. The molecule has 0 saturated heterocycles. The number of fused-ring (bicyclic) bond motifs is 1. The number of rotatable bonds is 6. The highest BCUT2D eigenvalue weighted by Crippen LogP contribution is 2.33. The number of halogens is 2. The summed E-state index contributed by atoms with van der Waals surface area (Å²) in [4.78, 5) is 26.9. The molecule has 0 unspecified atom stereocenters. The van der Waals surface area contributed by atoms with Crippen LogP contribution in [0.2, 0.25) is 10.0 Å². The topological polar surface area (TPSA) is 94.6 Å². The predicted octanol–water partition coefficient (Wildman–Crippen LogP) is 3.91. The van der Waals surface area contributed by atoms with Gasteiger partial charge in [-0.1, -0.05) is 23.2 Å². The molecule has 9 heteroatoms. The number of pyridine rings is 1. The van der Waals surface area contributed by atoms with Crippen molar-refractivity contribution in [1.29, 1.82) is 0 Å². The fourth-order valence-electron chi connectivity index (χ4n) is 2.45. The molecule has 0 radical (unpaired) electrons. The zero-order chi connectivity index (χ0) is 18.8. The summed E-state index contributed by atoms with van der Waals surface area (Å²) in [6, 6.07) is 6.46. The van der Waals surface area contributed by atoms with E-state index in [1.165, 1.54) is 22.9 Å². The Kier molecular flexibility index (Phi) is 5.20. The summed E-state index contributed by atoms with van der Waals surface area (Å²) < 4.78 is 12.2. The van der Waals surface area contributed by atoms with E-state index >= 15 is 0 Å². The van der Waals surface area contributed by atoms with Crippen molar-refractivity contribution in [3.05, 3.63) is 56.8 Å². The molecule has 1 aromatic carbocycles. The smallest absolute Gasteiger partial charge is 0.419 e. The Labute approximate surface area is 157 Å². The van der Waals surface area contributed by atoms with Crippen molar-refractivity contribution >= 4 is 40.3 Å². The highest BCUT2D eigenvalue weighted by molar-refractivity contribution is 6.32. The van der Waals surface area contributed by atoms with Crippen LogP contribution < -0.4 is 10.5 Å². The second-order valence-electron chi connectivity index (χ2n) is 5.58. The quantitative estimate of drug-likeness (QED) is 0.678. The average molecular weight is 397 g/mol. The minimum atomic E-state index is -1.01. The molecule has 1 atom stereocenters.